The Kier molecular flexibility index (Phi) is 4.48. The first-order valence-corrected chi connectivity index (χ1v) is 7.43. The molecule has 0 aromatic heterocycles. The average Bonchev–Trinajstić information content (AvgIpc) is 2.38. The summed E-state index contributed by atoms with van der Waals surface area (Å²) >= 11 is 6.19. The number of aryl methyl sites for hydroxylation is 1. The molecule has 112 valence electrons. The van der Waals surface area contributed by atoms with Gasteiger partial charge in [0.05, 0.1) is 0 Å². The molecule has 3 heteroatoms. The Labute approximate surface area is 131 Å². The van der Waals surface area contributed by atoms with Crippen LogP contribution in [0.3, 0.4) is 0 Å². The van der Waals surface area contributed by atoms with E-state index in [0.717, 1.165) is 11.3 Å². The van der Waals surface area contributed by atoms with E-state index in [1.807, 2.05) is 6.07 Å². The Morgan fingerprint density at radius 1 is 1.10 bits per heavy atom. The first-order valence-electron chi connectivity index (χ1n) is 7.05. The first kappa shape index (κ1) is 15.7. The summed E-state index contributed by atoms with van der Waals surface area (Å²) in [6, 6.07) is 11.8. The zero-order valence-electron chi connectivity index (χ0n) is 13.0. The molecule has 0 aliphatic rings. The van der Waals surface area contributed by atoms with Gasteiger partial charge in [0.2, 0.25) is 0 Å². The van der Waals surface area contributed by atoms with Gasteiger partial charge in [0.15, 0.2) is 0 Å². The third kappa shape index (κ3) is 3.92. The predicted molar refractivity (Wildman–Crippen MR) is 90.1 cm³/mol. The van der Waals surface area contributed by atoms with Gasteiger partial charge in [-0.25, -0.2) is 0 Å². The number of rotatable bonds is 3. The zero-order valence-corrected chi connectivity index (χ0v) is 13.8. The molecule has 0 aliphatic heterocycles. The van der Waals surface area contributed by atoms with Crippen molar-refractivity contribution < 1.29 is 4.74 Å². The van der Waals surface area contributed by atoms with Gasteiger partial charge in [0, 0.05) is 16.3 Å². The summed E-state index contributed by atoms with van der Waals surface area (Å²) in [4.78, 5) is 0. The van der Waals surface area contributed by atoms with Gasteiger partial charge in [-0.1, -0.05) is 44.5 Å². The standard InChI is InChI=1S/C18H22ClNO/c1-12-5-7-15(18(2,3)4)17(9-12)21-11-13-10-14(20)6-8-16(13)19/h5-10H,11,20H2,1-4H3. The molecule has 0 fully saturated rings. The minimum atomic E-state index is 0.0303. The second-order valence-corrected chi connectivity index (χ2v) is 6.80. The van der Waals surface area contributed by atoms with E-state index in [2.05, 4.69) is 45.9 Å². The van der Waals surface area contributed by atoms with Crippen molar-refractivity contribution in [2.75, 3.05) is 5.73 Å². The van der Waals surface area contributed by atoms with Crippen molar-refractivity contribution in [1.82, 2.24) is 0 Å². The molecule has 2 aromatic rings. The van der Waals surface area contributed by atoms with Gasteiger partial charge in [-0.05, 0) is 47.7 Å². The van der Waals surface area contributed by atoms with Crippen LogP contribution < -0.4 is 10.5 Å². The van der Waals surface area contributed by atoms with Gasteiger partial charge >= 0.3 is 0 Å². The third-order valence-electron chi connectivity index (χ3n) is 3.40. The van der Waals surface area contributed by atoms with E-state index in [1.54, 1.807) is 12.1 Å². The molecule has 2 rings (SSSR count). The normalized spacial score (nSPS) is 11.5. The molecule has 0 atom stereocenters. The van der Waals surface area contributed by atoms with Crippen molar-refractivity contribution in [1.29, 1.82) is 0 Å². The maximum atomic E-state index is 6.19. The van der Waals surface area contributed by atoms with Crippen LogP contribution in [-0.2, 0) is 12.0 Å². The van der Waals surface area contributed by atoms with E-state index < -0.39 is 0 Å². The summed E-state index contributed by atoms with van der Waals surface area (Å²) in [5.41, 5.74) is 9.80. The number of halogens is 1. The van der Waals surface area contributed by atoms with E-state index in [9.17, 15) is 0 Å². The number of hydrogen-bond acceptors (Lipinski definition) is 2. The first-order chi connectivity index (χ1) is 9.77. The van der Waals surface area contributed by atoms with E-state index in [1.165, 1.54) is 11.1 Å². The van der Waals surface area contributed by atoms with Crippen molar-refractivity contribution in [2.24, 2.45) is 0 Å². The molecule has 0 saturated heterocycles. The maximum Gasteiger partial charge on any atom is 0.123 e. The van der Waals surface area contributed by atoms with Gasteiger partial charge in [0.25, 0.3) is 0 Å². The molecule has 0 bridgehead atoms. The highest BCUT2D eigenvalue weighted by Crippen LogP contribution is 2.33. The lowest BCUT2D eigenvalue weighted by Crippen LogP contribution is -2.13. The number of anilines is 1. The number of hydrogen-bond donors (Lipinski definition) is 1. The van der Waals surface area contributed by atoms with E-state index in [-0.39, 0.29) is 5.41 Å². The van der Waals surface area contributed by atoms with Crippen LogP contribution in [0.1, 0.15) is 37.5 Å². The Bertz CT molecular complexity index is 644. The quantitative estimate of drug-likeness (QED) is 0.800. The summed E-state index contributed by atoms with van der Waals surface area (Å²) in [6.07, 6.45) is 0. The van der Waals surface area contributed by atoms with E-state index in [0.29, 0.717) is 17.3 Å². The fourth-order valence-electron chi connectivity index (χ4n) is 2.23. The van der Waals surface area contributed by atoms with Crippen LogP contribution in [0, 0.1) is 6.92 Å². The largest absolute Gasteiger partial charge is 0.489 e. The molecule has 2 nitrogen and oxygen atoms in total. The van der Waals surface area contributed by atoms with Crippen molar-refractivity contribution in [3.05, 3.63) is 58.1 Å². The molecule has 0 radical (unpaired) electrons. The SMILES string of the molecule is Cc1ccc(C(C)(C)C)c(OCc2cc(N)ccc2Cl)c1. The summed E-state index contributed by atoms with van der Waals surface area (Å²) in [6.45, 7) is 9.01. The summed E-state index contributed by atoms with van der Waals surface area (Å²) < 4.78 is 6.03. The van der Waals surface area contributed by atoms with Crippen molar-refractivity contribution in [2.45, 2.75) is 39.7 Å². The zero-order chi connectivity index (χ0) is 15.6. The molecule has 0 aliphatic carbocycles. The lowest BCUT2D eigenvalue weighted by Gasteiger charge is -2.23. The topological polar surface area (TPSA) is 35.2 Å². The van der Waals surface area contributed by atoms with Gasteiger partial charge in [0.1, 0.15) is 12.4 Å². The number of ether oxygens (including phenoxy) is 1. The molecule has 2 aromatic carbocycles. The van der Waals surface area contributed by atoms with Gasteiger partial charge < -0.3 is 10.5 Å². The van der Waals surface area contributed by atoms with Crippen LogP contribution >= 0.6 is 11.6 Å². The van der Waals surface area contributed by atoms with Gasteiger partial charge in [-0.15, -0.1) is 0 Å². The molecular formula is C18H22ClNO. The van der Waals surface area contributed by atoms with Crippen molar-refractivity contribution in [3.8, 4) is 5.75 Å². The molecular weight excluding hydrogens is 282 g/mol. The molecule has 0 spiro atoms. The lowest BCUT2D eigenvalue weighted by atomic mass is 9.86. The fraction of sp³-hybridized carbons (Fsp3) is 0.333. The fourth-order valence-corrected chi connectivity index (χ4v) is 2.40. The summed E-state index contributed by atoms with van der Waals surface area (Å²) in [5.74, 6) is 0.904. The molecule has 21 heavy (non-hydrogen) atoms. The Hall–Kier alpha value is -1.67. The smallest absolute Gasteiger partial charge is 0.123 e. The van der Waals surface area contributed by atoms with Crippen LogP contribution in [-0.4, -0.2) is 0 Å². The average molecular weight is 304 g/mol. The second kappa shape index (κ2) is 5.98. The predicted octanol–water partition coefficient (Wildman–Crippen LogP) is 5.11. The Morgan fingerprint density at radius 3 is 2.48 bits per heavy atom. The van der Waals surface area contributed by atoms with Crippen LogP contribution in [0.4, 0.5) is 5.69 Å². The number of nitrogen functional groups attached to an aromatic ring is 1. The number of benzene rings is 2. The molecule has 0 heterocycles. The minimum Gasteiger partial charge on any atom is -0.489 e. The highest BCUT2D eigenvalue weighted by molar-refractivity contribution is 6.31. The van der Waals surface area contributed by atoms with Crippen LogP contribution in [0.5, 0.6) is 5.75 Å². The minimum absolute atomic E-state index is 0.0303. The number of nitrogens with two attached hydrogens (primary N) is 1. The second-order valence-electron chi connectivity index (χ2n) is 6.39. The van der Waals surface area contributed by atoms with Crippen molar-refractivity contribution in [3.63, 3.8) is 0 Å². The summed E-state index contributed by atoms with van der Waals surface area (Å²) in [5, 5.41) is 0.675. The van der Waals surface area contributed by atoms with Crippen LogP contribution in [0.2, 0.25) is 5.02 Å². The van der Waals surface area contributed by atoms with Crippen LogP contribution in [0.15, 0.2) is 36.4 Å². The summed E-state index contributed by atoms with van der Waals surface area (Å²) in [7, 11) is 0. The lowest BCUT2D eigenvalue weighted by molar-refractivity contribution is 0.297. The third-order valence-corrected chi connectivity index (χ3v) is 3.77. The Balaban J connectivity index is 2.27. The highest BCUT2D eigenvalue weighted by Gasteiger charge is 2.19. The molecule has 2 N–H and O–H groups in total. The molecule has 0 saturated carbocycles. The van der Waals surface area contributed by atoms with E-state index >= 15 is 0 Å². The molecule has 0 unspecified atom stereocenters. The monoisotopic (exact) mass is 303 g/mol. The van der Waals surface area contributed by atoms with Gasteiger partial charge in [-0.3, -0.25) is 0 Å². The Morgan fingerprint density at radius 2 is 1.81 bits per heavy atom. The van der Waals surface area contributed by atoms with Crippen molar-refractivity contribution >= 4 is 17.3 Å². The van der Waals surface area contributed by atoms with Crippen LogP contribution in [0.25, 0.3) is 0 Å². The molecule has 0 amide bonds. The maximum absolute atomic E-state index is 6.19. The highest BCUT2D eigenvalue weighted by atomic mass is 35.5. The van der Waals surface area contributed by atoms with E-state index in [4.69, 9.17) is 22.1 Å². The van der Waals surface area contributed by atoms with Gasteiger partial charge in [-0.2, -0.15) is 0 Å².